The van der Waals surface area contributed by atoms with Crippen LogP contribution >= 0.6 is 0 Å². The van der Waals surface area contributed by atoms with Crippen LogP contribution in [0.4, 0.5) is 17.1 Å². The van der Waals surface area contributed by atoms with Crippen LogP contribution in [0.25, 0.3) is 11.0 Å². The number of nitrogens with zero attached hydrogens (tertiary/aromatic N) is 1. The Labute approximate surface area is 198 Å². The number of furan rings is 1. The predicted molar refractivity (Wildman–Crippen MR) is 136 cm³/mol. The number of anilines is 3. The largest absolute Gasteiger partial charge is 0.451 e. The molecule has 2 N–H and O–H groups in total. The second kappa shape index (κ2) is 9.43. The van der Waals surface area contributed by atoms with Crippen LogP contribution in [0.2, 0.25) is 0 Å². The quantitative estimate of drug-likeness (QED) is 0.388. The topological polar surface area (TPSA) is 74.6 Å². The van der Waals surface area contributed by atoms with Gasteiger partial charge in [0.25, 0.3) is 5.91 Å². The normalized spacial score (nSPS) is 13.3. The van der Waals surface area contributed by atoms with Crippen molar-refractivity contribution < 1.29 is 14.0 Å². The molecule has 172 valence electrons. The molecule has 0 aliphatic carbocycles. The van der Waals surface area contributed by atoms with E-state index in [-0.39, 0.29) is 24.0 Å². The molecular weight excluding hydrogens is 426 g/mol. The van der Waals surface area contributed by atoms with E-state index in [9.17, 15) is 9.59 Å². The van der Waals surface area contributed by atoms with Crippen LogP contribution in [-0.4, -0.2) is 24.9 Å². The van der Waals surface area contributed by atoms with Gasteiger partial charge in [-0.15, -0.1) is 0 Å². The molecule has 0 saturated carbocycles. The van der Waals surface area contributed by atoms with Crippen molar-refractivity contribution in [3.05, 3.63) is 89.7 Å². The number of fused-ring (bicyclic) bond motifs is 1. The average molecular weight is 454 g/mol. The maximum absolute atomic E-state index is 12.6. The summed E-state index contributed by atoms with van der Waals surface area (Å²) in [7, 11) is 0. The van der Waals surface area contributed by atoms with E-state index in [0.29, 0.717) is 11.3 Å². The number of aryl methyl sites for hydroxylation is 1. The van der Waals surface area contributed by atoms with Gasteiger partial charge in [0.05, 0.1) is 6.42 Å². The highest BCUT2D eigenvalue weighted by Crippen LogP contribution is 2.27. The van der Waals surface area contributed by atoms with Crippen molar-refractivity contribution in [1.29, 1.82) is 0 Å². The van der Waals surface area contributed by atoms with Gasteiger partial charge in [0, 0.05) is 35.5 Å². The van der Waals surface area contributed by atoms with Crippen LogP contribution in [-0.2, 0) is 11.2 Å². The number of benzene rings is 3. The molecule has 1 aromatic heterocycles. The molecule has 5 rings (SSSR count). The second-order valence-corrected chi connectivity index (χ2v) is 8.72. The van der Waals surface area contributed by atoms with Crippen molar-refractivity contribution in [2.45, 2.75) is 26.2 Å². The number of nitrogens with one attached hydrogen (secondary N) is 2. The smallest absolute Gasteiger partial charge is 0.291 e. The van der Waals surface area contributed by atoms with Gasteiger partial charge in [0.2, 0.25) is 5.91 Å². The molecule has 1 fully saturated rings. The van der Waals surface area contributed by atoms with Crippen molar-refractivity contribution in [3.8, 4) is 0 Å². The first-order valence-electron chi connectivity index (χ1n) is 11.6. The molecule has 4 aromatic rings. The molecule has 0 bridgehead atoms. The average Bonchev–Trinajstić information content (AvgIpc) is 3.50. The molecule has 1 aliphatic heterocycles. The summed E-state index contributed by atoms with van der Waals surface area (Å²) in [6.07, 6.45) is 2.73. The summed E-state index contributed by atoms with van der Waals surface area (Å²) in [5, 5.41) is 6.71. The fourth-order valence-electron chi connectivity index (χ4n) is 4.43. The molecule has 0 atom stereocenters. The zero-order chi connectivity index (χ0) is 23.5. The van der Waals surface area contributed by atoms with E-state index in [0.717, 1.165) is 29.7 Å². The Hall–Kier alpha value is -4.06. The zero-order valence-corrected chi connectivity index (χ0v) is 19.1. The summed E-state index contributed by atoms with van der Waals surface area (Å²) in [5.41, 5.74) is 5.41. The Bertz CT molecular complexity index is 1300. The number of rotatable bonds is 6. The summed E-state index contributed by atoms with van der Waals surface area (Å²) in [6.45, 7) is 4.28. The first-order valence-corrected chi connectivity index (χ1v) is 11.6. The number of hydrogen-bond acceptors (Lipinski definition) is 4. The maximum Gasteiger partial charge on any atom is 0.291 e. The van der Waals surface area contributed by atoms with Gasteiger partial charge in [-0.3, -0.25) is 9.59 Å². The van der Waals surface area contributed by atoms with Gasteiger partial charge in [-0.2, -0.15) is 0 Å². The molecule has 1 saturated heterocycles. The number of para-hydroxylation sites is 1. The first kappa shape index (κ1) is 21.8. The molecule has 6 nitrogen and oxygen atoms in total. The minimum absolute atomic E-state index is 0.0765. The van der Waals surface area contributed by atoms with Gasteiger partial charge < -0.3 is 20.0 Å². The Kier molecular flexibility index (Phi) is 6.04. The third-order valence-corrected chi connectivity index (χ3v) is 6.15. The van der Waals surface area contributed by atoms with Crippen molar-refractivity contribution in [1.82, 2.24) is 0 Å². The SMILES string of the molecule is Cc1cc(NC(=O)Cc2ccc(NC(=O)c3cc4ccccc4o3)cc2)ccc1N1CCCC1. The van der Waals surface area contributed by atoms with Crippen molar-refractivity contribution in [3.63, 3.8) is 0 Å². The van der Waals surface area contributed by atoms with Crippen LogP contribution in [0.1, 0.15) is 34.5 Å². The highest BCUT2D eigenvalue weighted by Gasteiger charge is 2.15. The highest BCUT2D eigenvalue weighted by molar-refractivity contribution is 6.04. The van der Waals surface area contributed by atoms with E-state index in [1.165, 1.54) is 24.1 Å². The molecule has 0 radical (unpaired) electrons. The Morgan fingerprint density at radius 1 is 0.882 bits per heavy atom. The van der Waals surface area contributed by atoms with E-state index in [1.807, 2.05) is 48.5 Å². The van der Waals surface area contributed by atoms with Crippen LogP contribution in [0.3, 0.4) is 0 Å². The van der Waals surface area contributed by atoms with Crippen LogP contribution in [0.5, 0.6) is 0 Å². The second-order valence-electron chi connectivity index (χ2n) is 8.72. The van der Waals surface area contributed by atoms with E-state index < -0.39 is 0 Å². The van der Waals surface area contributed by atoms with Gasteiger partial charge in [0.1, 0.15) is 5.58 Å². The summed E-state index contributed by atoms with van der Waals surface area (Å²) in [5.74, 6) is -0.127. The number of carbonyl (C=O) groups is 2. The first-order chi connectivity index (χ1) is 16.5. The van der Waals surface area contributed by atoms with Crippen LogP contribution in [0.15, 0.2) is 77.2 Å². The molecule has 1 aliphatic rings. The van der Waals surface area contributed by atoms with Gasteiger partial charge in [-0.05, 0) is 73.4 Å². The fraction of sp³-hybridized carbons (Fsp3) is 0.214. The molecule has 34 heavy (non-hydrogen) atoms. The molecule has 0 unspecified atom stereocenters. The lowest BCUT2D eigenvalue weighted by Gasteiger charge is -2.20. The monoisotopic (exact) mass is 453 g/mol. The lowest BCUT2D eigenvalue weighted by molar-refractivity contribution is -0.115. The third-order valence-electron chi connectivity index (χ3n) is 6.15. The van der Waals surface area contributed by atoms with Crippen LogP contribution < -0.4 is 15.5 Å². The molecule has 3 aromatic carbocycles. The predicted octanol–water partition coefficient (Wildman–Crippen LogP) is 5.77. The Balaban J connectivity index is 1.17. The Morgan fingerprint density at radius 2 is 1.62 bits per heavy atom. The van der Waals surface area contributed by atoms with Gasteiger partial charge in [-0.25, -0.2) is 0 Å². The van der Waals surface area contributed by atoms with Crippen molar-refractivity contribution >= 4 is 39.8 Å². The molecule has 0 spiro atoms. The lowest BCUT2D eigenvalue weighted by Crippen LogP contribution is -2.19. The number of carbonyl (C=O) groups excluding carboxylic acids is 2. The molecular formula is C28H27N3O3. The lowest BCUT2D eigenvalue weighted by atomic mass is 10.1. The third kappa shape index (κ3) is 4.81. The zero-order valence-electron chi connectivity index (χ0n) is 19.1. The molecule has 2 amide bonds. The van der Waals surface area contributed by atoms with Crippen molar-refractivity contribution in [2.24, 2.45) is 0 Å². The summed E-state index contributed by atoms with van der Waals surface area (Å²) < 4.78 is 5.61. The van der Waals surface area contributed by atoms with Crippen LogP contribution in [0, 0.1) is 6.92 Å². The van der Waals surface area contributed by atoms with Gasteiger partial charge >= 0.3 is 0 Å². The highest BCUT2D eigenvalue weighted by atomic mass is 16.3. The van der Waals surface area contributed by atoms with E-state index in [1.54, 1.807) is 18.2 Å². The number of amides is 2. The summed E-state index contributed by atoms with van der Waals surface area (Å²) >= 11 is 0. The van der Waals surface area contributed by atoms with E-state index in [4.69, 9.17) is 4.42 Å². The minimum atomic E-state index is -0.311. The minimum Gasteiger partial charge on any atom is -0.451 e. The fourth-order valence-corrected chi connectivity index (χ4v) is 4.43. The molecule has 2 heterocycles. The summed E-state index contributed by atoms with van der Waals surface area (Å²) in [4.78, 5) is 27.5. The van der Waals surface area contributed by atoms with Gasteiger partial charge in [-0.1, -0.05) is 30.3 Å². The Morgan fingerprint density at radius 3 is 2.35 bits per heavy atom. The molecule has 6 heteroatoms. The summed E-state index contributed by atoms with van der Waals surface area (Å²) in [6, 6.07) is 22.6. The van der Waals surface area contributed by atoms with Crippen molar-refractivity contribution in [2.75, 3.05) is 28.6 Å². The van der Waals surface area contributed by atoms with E-state index >= 15 is 0 Å². The number of hydrogen-bond donors (Lipinski definition) is 2. The standard InChI is InChI=1S/C28H27N3O3/c1-19-16-23(12-13-24(19)31-14-4-5-15-31)29-27(32)17-20-8-10-22(11-9-20)30-28(33)26-18-21-6-2-3-7-25(21)34-26/h2-3,6-13,16,18H,4-5,14-15,17H2,1H3,(H,29,32)(H,30,33). The van der Waals surface area contributed by atoms with E-state index in [2.05, 4.69) is 28.5 Å². The maximum atomic E-state index is 12.6. The van der Waals surface area contributed by atoms with Gasteiger partial charge in [0.15, 0.2) is 5.76 Å².